The largest absolute Gasteiger partial charge is 0.273 e. The SMILES string of the molecule is Cc1cc(Br)cc(S(=O)(=O)NCc2cnn(C)c2C)c1. The van der Waals surface area contributed by atoms with Crippen molar-refractivity contribution in [1.82, 2.24) is 14.5 Å². The van der Waals surface area contributed by atoms with E-state index in [0.717, 1.165) is 21.3 Å². The van der Waals surface area contributed by atoms with E-state index in [4.69, 9.17) is 0 Å². The van der Waals surface area contributed by atoms with E-state index >= 15 is 0 Å². The minimum Gasteiger partial charge on any atom is -0.273 e. The van der Waals surface area contributed by atoms with E-state index in [-0.39, 0.29) is 11.4 Å². The first kappa shape index (κ1) is 15.2. The molecule has 1 heterocycles. The highest BCUT2D eigenvalue weighted by Crippen LogP contribution is 2.19. The fourth-order valence-corrected chi connectivity index (χ4v) is 3.73. The highest BCUT2D eigenvalue weighted by molar-refractivity contribution is 9.10. The standard InChI is InChI=1S/C13H16BrN3O2S/c1-9-4-12(14)6-13(5-9)20(18,19)16-8-11-7-15-17(3)10(11)2/h4-7,16H,8H2,1-3H3. The van der Waals surface area contributed by atoms with Crippen LogP contribution in [0.1, 0.15) is 16.8 Å². The normalized spacial score (nSPS) is 11.8. The van der Waals surface area contributed by atoms with Crippen molar-refractivity contribution in [1.29, 1.82) is 0 Å². The van der Waals surface area contributed by atoms with E-state index in [0.29, 0.717) is 0 Å². The van der Waals surface area contributed by atoms with Gasteiger partial charge in [-0.25, -0.2) is 13.1 Å². The number of rotatable bonds is 4. The lowest BCUT2D eigenvalue weighted by Gasteiger charge is -2.08. The van der Waals surface area contributed by atoms with Crippen LogP contribution >= 0.6 is 15.9 Å². The van der Waals surface area contributed by atoms with Crippen LogP contribution in [0.4, 0.5) is 0 Å². The zero-order valence-electron chi connectivity index (χ0n) is 11.5. The molecule has 5 nitrogen and oxygen atoms in total. The molecule has 108 valence electrons. The van der Waals surface area contributed by atoms with E-state index in [1.165, 1.54) is 0 Å². The molecule has 7 heteroatoms. The molecule has 0 aliphatic carbocycles. The lowest BCUT2D eigenvalue weighted by molar-refractivity contribution is 0.581. The number of nitrogens with zero attached hydrogens (tertiary/aromatic N) is 2. The summed E-state index contributed by atoms with van der Waals surface area (Å²) in [5.74, 6) is 0. The van der Waals surface area contributed by atoms with Crippen molar-refractivity contribution < 1.29 is 8.42 Å². The summed E-state index contributed by atoms with van der Waals surface area (Å²) in [5.41, 5.74) is 2.69. The first-order chi connectivity index (χ1) is 9.29. The molecule has 0 aliphatic heterocycles. The van der Waals surface area contributed by atoms with E-state index in [1.807, 2.05) is 27.0 Å². The van der Waals surface area contributed by atoms with Gasteiger partial charge in [-0.2, -0.15) is 5.10 Å². The van der Waals surface area contributed by atoms with Crippen LogP contribution in [0.25, 0.3) is 0 Å². The molecule has 0 spiro atoms. The predicted octanol–water partition coefficient (Wildman–Crippen LogP) is 2.28. The number of nitrogens with one attached hydrogen (secondary N) is 1. The fraction of sp³-hybridized carbons (Fsp3) is 0.308. The molecule has 0 bridgehead atoms. The quantitative estimate of drug-likeness (QED) is 0.912. The Balaban J connectivity index is 2.21. The topological polar surface area (TPSA) is 64.0 Å². The lowest BCUT2D eigenvalue weighted by Crippen LogP contribution is -2.23. The van der Waals surface area contributed by atoms with Gasteiger partial charge in [0.2, 0.25) is 10.0 Å². The second-order valence-electron chi connectivity index (χ2n) is 4.67. The van der Waals surface area contributed by atoms with Crippen LogP contribution in [0.15, 0.2) is 33.8 Å². The molecule has 0 amide bonds. The van der Waals surface area contributed by atoms with Crippen molar-refractivity contribution >= 4 is 26.0 Å². The predicted molar refractivity (Wildman–Crippen MR) is 80.8 cm³/mol. The van der Waals surface area contributed by atoms with Crippen LogP contribution in [0.3, 0.4) is 0 Å². The van der Waals surface area contributed by atoms with Gasteiger partial charge in [0, 0.05) is 29.3 Å². The summed E-state index contributed by atoms with van der Waals surface area (Å²) in [7, 11) is -1.70. The summed E-state index contributed by atoms with van der Waals surface area (Å²) in [6.07, 6.45) is 1.67. The summed E-state index contributed by atoms with van der Waals surface area (Å²) in [5, 5.41) is 4.09. The van der Waals surface area contributed by atoms with Gasteiger partial charge in [0.25, 0.3) is 0 Å². The van der Waals surface area contributed by atoms with Gasteiger partial charge in [0.05, 0.1) is 11.1 Å². The summed E-state index contributed by atoms with van der Waals surface area (Å²) < 4.78 is 29.6. The maximum absolute atomic E-state index is 12.3. The average molecular weight is 358 g/mol. The Labute approximate surface area is 127 Å². The molecule has 0 unspecified atom stereocenters. The molecule has 2 rings (SSSR count). The van der Waals surface area contributed by atoms with Crippen molar-refractivity contribution in [3.8, 4) is 0 Å². The van der Waals surface area contributed by atoms with Gasteiger partial charge >= 0.3 is 0 Å². The number of benzene rings is 1. The van der Waals surface area contributed by atoms with Crippen molar-refractivity contribution in [3.63, 3.8) is 0 Å². The smallest absolute Gasteiger partial charge is 0.240 e. The van der Waals surface area contributed by atoms with Gasteiger partial charge in [-0.15, -0.1) is 0 Å². The second-order valence-corrected chi connectivity index (χ2v) is 7.35. The maximum Gasteiger partial charge on any atom is 0.240 e. The Morgan fingerprint density at radius 1 is 1.30 bits per heavy atom. The third-order valence-electron chi connectivity index (χ3n) is 3.12. The van der Waals surface area contributed by atoms with E-state index in [1.54, 1.807) is 23.0 Å². The third kappa shape index (κ3) is 3.28. The van der Waals surface area contributed by atoms with Crippen LogP contribution in [-0.4, -0.2) is 18.2 Å². The number of sulfonamides is 1. The number of aryl methyl sites for hydroxylation is 2. The summed E-state index contributed by atoms with van der Waals surface area (Å²) in [6.45, 7) is 3.99. The summed E-state index contributed by atoms with van der Waals surface area (Å²) in [4.78, 5) is 0.255. The van der Waals surface area contributed by atoms with Gasteiger partial charge < -0.3 is 0 Å². The first-order valence-corrected chi connectivity index (χ1v) is 8.31. The minimum atomic E-state index is -3.53. The van der Waals surface area contributed by atoms with Crippen molar-refractivity contribution in [2.45, 2.75) is 25.3 Å². The molecule has 2 aromatic rings. The maximum atomic E-state index is 12.3. The zero-order valence-corrected chi connectivity index (χ0v) is 13.9. The Hall–Kier alpha value is -1.18. The monoisotopic (exact) mass is 357 g/mol. The van der Waals surface area contributed by atoms with Crippen LogP contribution in [0.2, 0.25) is 0 Å². The van der Waals surface area contributed by atoms with Gasteiger partial charge in [0.15, 0.2) is 0 Å². The van der Waals surface area contributed by atoms with Crippen LogP contribution in [-0.2, 0) is 23.6 Å². The van der Waals surface area contributed by atoms with Crippen molar-refractivity contribution in [3.05, 3.63) is 45.7 Å². The second kappa shape index (κ2) is 5.67. The highest BCUT2D eigenvalue weighted by atomic mass is 79.9. The Kier molecular flexibility index (Phi) is 4.31. The molecule has 0 aliphatic rings. The van der Waals surface area contributed by atoms with Crippen molar-refractivity contribution in [2.24, 2.45) is 7.05 Å². The Morgan fingerprint density at radius 3 is 2.55 bits per heavy atom. The lowest BCUT2D eigenvalue weighted by atomic mass is 10.2. The Bertz CT molecular complexity index is 718. The molecule has 1 N–H and O–H groups in total. The van der Waals surface area contributed by atoms with Crippen LogP contribution in [0, 0.1) is 13.8 Å². The number of hydrogen-bond acceptors (Lipinski definition) is 3. The summed E-state index contributed by atoms with van der Waals surface area (Å²) >= 11 is 3.31. The van der Waals surface area contributed by atoms with Crippen molar-refractivity contribution in [2.75, 3.05) is 0 Å². The molecule has 0 saturated heterocycles. The van der Waals surface area contributed by atoms with Gasteiger partial charge in [0.1, 0.15) is 0 Å². The number of halogens is 1. The Morgan fingerprint density at radius 2 is 2.00 bits per heavy atom. The molecule has 0 radical (unpaired) electrons. The first-order valence-electron chi connectivity index (χ1n) is 6.04. The van der Waals surface area contributed by atoms with E-state index in [2.05, 4.69) is 25.8 Å². The van der Waals surface area contributed by atoms with Gasteiger partial charge in [-0.3, -0.25) is 4.68 Å². The third-order valence-corrected chi connectivity index (χ3v) is 4.95. The molecule has 20 heavy (non-hydrogen) atoms. The molecule has 1 aromatic heterocycles. The molecular weight excluding hydrogens is 342 g/mol. The van der Waals surface area contributed by atoms with E-state index < -0.39 is 10.0 Å². The minimum absolute atomic E-state index is 0.230. The number of aromatic nitrogens is 2. The molecule has 1 aromatic carbocycles. The van der Waals surface area contributed by atoms with Crippen LogP contribution in [0.5, 0.6) is 0 Å². The highest BCUT2D eigenvalue weighted by Gasteiger charge is 2.16. The molecule has 0 saturated carbocycles. The van der Waals surface area contributed by atoms with Gasteiger partial charge in [-0.05, 0) is 37.6 Å². The van der Waals surface area contributed by atoms with E-state index in [9.17, 15) is 8.42 Å². The zero-order chi connectivity index (χ0) is 14.9. The molecule has 0 fully saturated rings. The van der Waals surface area contributed by atoms with Gasteiger partial charge in [-0.1, -0.05) is 15.9 Å². The summed E-state index contributed by atoms with van der Waals surface area (Å²) in [6, 6.07) is 5.10. The molecule has 0 atom stereocenters. The average Bonchev–Trinajstić information content (AvgIpc) is 2.66. The van der Waals surface area contributed by atoms with Crippen LogP contribution < -0.4 is 4.72 Å². The fourth-order valence-electron chi connectivity index (χ4n) is 1.83. The number of hydrogen-bond donors (Lipinski definition) is 1. The molecular formula is C13H16BrN3O2S.